The summed E-state index contributed by atoms with van der Waals surface area (Å²) in [5, 5.41) is 21.4. The molecule has 0 saturated heterocycles. The zero-order valence-electron chi connectivity index (χ0n) is 17.0. The number of hydrogen-bond acceptors (Lipinski definition) is 2. The minimum absolute atomic E-state index is 0.658. The molecule has 0 aliphatic heterocycles. The number of nitrogens with zero attached hydrogens (tertiary/aromatic N) is 1. The van der Waals surface area contributed by atoms with Gasteiger partial charge in [-0.3, -0.25) is 0 Å². The van der Waals surface area contributed by atoms with Gasteiger partial charge in [0.05, 0.1) is 17.9 Å². The second-order valence-electron chi connectivity index (χ2n) is 7.76. The lowest BCUT2D eigenvalue weighted by molar-refractivity contribution is -0.563. The van der Waals surface area contributed by atoms with Gasteiger partial charge >= 0.3 is 0 Å². The summed E-state index contributed by atoms with van der Waals surface area (Å²) in [5.41, 5.74) is 2.20. The standard InChI is InChI=1S/C28H19NO2/c1-31-21-15-12-20(13-16-21)28-24-9-5-4-8-23(24)27-25(29(28)30)17-14-19-11-10-18-6-2-3-7-22(18)26(19)27/h2-17H,1H3. The maximum Gasteiger partial charge on any atom is 0.232 e. The zero-order chi connectivity index (χ0) is 20.9. The van der Waals surface area contributed by atoms with Gasteiger partial charge in [-0.2, -0.15) is 4.73 Å². The molecule has 0 atom stereocenters. The van der Waals surface area contributed by atoms with E-state index in [0.717, 1.165) is 48.4 Å². The Balaban J connectivity index is 1.84. The van der Waals surface area contributed by atoms with Crippen LogP contribution in [0.2, 0.25) is 0 Å². The van der Waals surface area contributed by atoms with Crippen LogP contribution in [0, 0.1) is 5.21 Å². The Morgan fingerprint density at radius 3 is 2.03 bits per heavy atom. The molecule has 0 amide bonds. The van der Waals surface area contributed by atoms with E-state index in [0.29, 0.717) is 11.2 Å². The topological polar surface area (TPSA) is 36.2 Å². The SMILES string of the molecule is COc1ccc(-c2c3ccccc3c3c4c(ccc5ccccc54)ccc3[n+]2[O-])cc1. The number of hydrogen-bond donors (Lipinski definition) is 0. The first kappa shape index (κ1) is 17.7. The van der Waals surface area contributed by atoms with Gasteiger partial charge < -0.3 is 9.94 Å². The Bertz CT molecular complexity index is 1620. The van der Waals surface area contributed by atoms with Crippen LogP contribution >= 0.6 is 0 Å². The number of aromatic nitrogens is 1. The maximum atomic E-state index is 13.8. The first-order chi connectivity index (χ1) is 15.3. The summed E-state index contributed by atoms with van der Waals surface area (Å²) in [5.74, 6) is 0.767. The highest BCUT2D eigenvalue weighted by Gasteiger charge is 2.22. The molecule has 31 heavy (non-hydrogen) atoms. The van der Waals surface area contributed by atoms with Crippen molar-refractivity contribution in [1.29, 1.82) is 0 Å². The molecule has 1 aromatic heterocycles. The number of ether oxygens (including phenoxy) is 1. The average Bonchev–Trinajstić information content (AvgIpc) is 2.84. The van der Waals surface area contributed by atoms with Crippen molar-refractivity contribution in [3.05, 3.63) is 102 Å². The predicted octanol–water partition coefficient (Wildman–Crippen LogP) is 6.61. The van der Waals surface area contributed by atoms with E-state index < -0.39 is 0 Å². The van der Waals surface area contributed by atoms with Crippen molar-refractivity contribution in [2.75, 3.05) is 7.11 Å². The van der Waals surface area contributed by atoms with Gasteiger partial charge in [-0.05, 0) is 52.6 Å². The minimum atomic E-state index is 0.658. The fourth-order valence-corrected chi connectivity index (χ4v) is 4.69. The van der Waals surface area contributed by atoms with Crippen molar-refractivity contribution in [3.63, 3.8) is 0 Å². The molecule has 0 N–H and O–H groups in total. The number of pyridine rings is 1. The van der Waals surface area contributed by atoms with E-state index in [1.54, 1.807) is 7.11 Å². The van der Waals surface area contributed by atoms with Crippen LogP contribution in [-0.4, -0.2) is 7.11 Å². The van der Waals surface area contributed by atoms with Crippen LogP contribution in [0.1, 0.15) is 0 Å². The molecule has 5 aromatic carbocycles. The Hall–Kier alpha value is -4.11. The molecule has 0 bridgehead atoms. The number of methoxy groups -OCH3 is 1. The number of fused-ring (bicyclic) bond motifs is 7. The highest BCUT2D eigenvalue weighted by Crippen LogP contribution is 2.38. The molecular weight excluding hydrogens is 382 g/mol. The molecule has 148 valence electrons. The number of rotatable bonds is 2. The molecule has 3 nitrogen and oxygen atoms in total. The molecule has 3 heteroatoms. The van der Waals surface area contributed by atoms with Crippen LogP contribution in [-0.2, 0) is 0 Å². The van der Waals surface area contributed by atoms with Gasteiger partial charge in [0.25, 0.3) is 0 Å². The lowest BCUT2D eigenvalue weighted by Gasteiger charge is -2.15. The molecule has 0 aliphatic carbocycles. The molecular formula is C28H19NO2. The quantitative estimate of drug-likeness (QED) is 0.186. The van der Waals surface area contributed by atoms with Crippen molar-refractivity contribution < 1.29 is 9.47 Å². The third-order valence-corrected chi connectivity index (χ3v) is 6.13. The minimum Gasteiger partial charge on any atom is -0.618 e. The molecule has 0 unspecified atom stereocenters. The molecule has 1 heterocycles. The average molecular weight is 401 g/mol. The Kier molecular flexibility index (Phi) is 3.84. The van der Waals surface area contributed by atoms with Crippen LogP contribution < -0.4 is 9.47 Å². The van der Waals surface area contributed by atoms with Gasteiger partial charge in [0.2, 0.25) is 11.2 Å². The molecule has 0 saturated carbocycles. The van der Waals surface area contributed by atoms with E-state index in [-0.39, 0.29) is 0 Å². The van der Waals surface area contributed by atoms with Gasteiger partial charge in [-0.15, -0.1) is 0 Å². The van der Waals surface area contributed by atoms with E-state index in [1.165, 1.54) is 5.39 Å². The summed E-state index contributed by atoms with van der Waals surface area (Å²) in [4.78, 5) is 0. The normalized spacial score (nSPS) is 11.5. The van der Waals surface area contributed by atoms with E-state index >= 15 is 0 Å². The summed E-state index contributed by atoms with van der Waals surface area (Å²) in [6.07, 6.45) is 0. The summed E-state index contributed by atoms with van der Waals surface area (Å²) in [6.45, 7) is 0. The molecule has 0 aliphatic rings. The molecule has 6 aromatic rings. The lowest BCUT2D eigenvalue weighted by atomic mass is 9.93. The molecule has 0 spiro atoms. The fraction of sp³-hybridized carbons (Fsp3) is 0.0357. The van der Waals surface area contributed by atoms with Gasteiger partial charge in [-0.25, -0.2) is 0 Å². The van der Waals surface area contributed by atoms with Crippen LogP contribution in [0.25, 0.3) is 54.5 Å². The summed E-state index contributed by atoms with van der Waals surface area (Å²) in [7, 11) is 1.64. The Morgan fingerprint density at radius 1 is 0.613 bits per heavy atom. The zero-order valence-corrected chi connectivity index (χ0v) is 17.0. The molecule has 6 rings (SSSR count). The third-order valence-electron chi connectivity index (χ3n) is 6.13. The Morgan fingerprint density at radius 2 is 1.26 bits per heavy atom. The van der Waals surface area contributed by atoms with Crippen LogP contribution in [0.15, 0.2) is 97.1 Å². The van der Waals surface area contributed by atoms with Crippen molar-refractivity contribution in [2.45, 2.75) is 0 Å². The monoisotopic (exact) mass is 401 g/mol. The molecule has 0 fully saturated rings. The van der Waals surface area contributed by atoms with Crippen molar-refractivity contribution >= 4 is 43.2 Å². The van der Waals surface area contributed by atoms with Gasteiger partial charge in [0.1, 0.15) is 5.75 Å². The first-order valence-corrected chi connectivity index (χ1v) is 10.3. The van der Waals surface area contributed by atoms with Gasteiger partial charge in [0.15, 0.2) is 0 Å². The van der Waals surface area contributed by atoms with Gasteiger partial charge in [0, 0.05) is 22.4 Å². The highest BCUT2D eigenvalue weighted by molar-refractivity contribution is 6.27. The van der Waals surface area contributed by atoms with Crippen LogP contribution in [0.5, 0.6) is 5.75 Å². The summed E-state index contributed by atoms with van der Waals surface area (Å²) in [6, 6.07) is 32.5. The van der Waals surface area contributed by atoms with Crippen LogP contribution in [0.4, 0.5) is 0 Å². The smallest absolute Gasteiger partial charge is 0.232 e. The van der Waals surface area contributed by atoms with Crippen molar-refractivity contribution in [1.82, 2.24) is 0 Å². The predicted molar refractivity (Wildman–Crippen MR) is 127 cm³/mol. The second-order valence-corrected chi connectivity index (χ2v) is 7.76. The summed E-state index contributed by atoms with van der Waals surface area (Å²) < 4.78 is 6.38. The Labute approximate surface area is 179 Å². The highest BCUT2D eigenvalue weighted by atomic mass is 16.5. The fourth-order valence-electron chi connectivity index (χ4n) is 4.69. The summed E-state index contributed by atoms with van der Waals surface area (Å²) >= 11 is 0. The van der Waals surface area contributed by atoms with Crippen LogP contribution in [0.3, 0.4) is 0 Å². The van der Waals surface area contributed by atoms with E-state index in [9.17, 15) is 5.21 Å². The van der Waals surface area contributed by atoms with E-state index in [4.69, 9.17) is 4.74 Å². The molecule has 0 radical (unpaired) electrons. The van der Waals surface area contributed by atoms with Crippen molar-refractivity contribution in [2.24, 2.45) is 0 Å². The van der Waals surface area contributed by atoms with E-state index in [2.05, 4.69) is 36.4 Å². The van der Waals surface area contributed by atoms with Crippen molar-refractivity contribution in [3.8, 4) is 17.0 Å². The largest absolute Gasteiger partial charge is 0.618 e. The third kappa shape index (κ3) is 2.57. The second kappa shape index (κ2) is 6.71. The first-order valence-electron chi connectivity index (χ1n) is 10.3. The maximum absolute atomic E-state index is 13.8. The van der Waals surface area contributed by atoms with E-state index in [1.807, 2.05) is 60.7 Å². The van der Waals surface area contributed by atoms with Gasteiger partial charge in [-0.1, -0.05) is 54.6 Å². The number of benzene rings is 5. The lowest BCUT2D eigenvalue weighted by Crippen LogP contribution is -2.30.